The molecule has 5 nitrogen and oxygen atoms in total. The number of aromatic nitrogens is 3. The highest BCUT2D eigenvalue weighted by atomic mass is 35.5. The van der Waals surface area contributed by atoms with Crippen LogP contribution in [0.4, 0.5) is 13.2 Å². The zero-order valence-electron chi connectivity index (χ0n) is 13.6. The third-order valence-electron chi connectivity index (χ3n) is 3.63. The lowest BCUT2D eigenvalue weighted by atomic mass is 9.92. The Kier molecular flexibility index (Phi) is 6.18. The van der Waals surface area contributed by atoms with E-state index in [1.165, 1.54) is 11.6 Å². The van der Waals surface area contributed by atoms with Gasteiger partial charge in [0.05, 0.1) is 11.9 Å². The molecule has 0 spiro atoms. The Morgan fingerprint density at radius 2 is 2.16 bits per heavy atom. The van der Waals surface area contributed by atoms with Gasteiger partial charge in [-0.1, -0.05) is 18.5 Å². The molecule has 2 rings (SSSR count). The highest BCUT2D eigenvalue weighted by molar-refractivity contribution is 6.30. The van der Waals surface area contributed by atoms with Crippen LogP contribution in [-0.4, -0.2) is 39.4 Å². The van der Waals surface area contributed by atoms with E-state index < -0.39 is 30.6 Å². The molecule has 0 aliphatic heterocycles. The van der Waals surface area contributed by atoms with E-state index in [-0.39, 0.29) is 5.15 Å². The van der Waals surface area contributed by atoms with Crippen molar-refractivity contribution in [3.8, 4) is 5.69 Å². The number of rotatable bonds is 7. The Labute approximate surface area is 147 Å². The Bertz CT molecular complexity index is 719. The number of halogens is 4. The second-order valence-corrected chi connectivity index (χ2v) is 5.82. The Morgan fingerprint density at radius 3 is 2.72 bits per heavy atom. The summed E-state index contributed by atoms with van der Waals surface area (Å²) in [6.07, 6.45) is -0.569. The summed E-state index contributed by atoms with van der Waals surface area (Å²) in [5.41, 5.74) is 1.10. The van der Waals surface area contributed by atoms with Crippen molar-refractivity contribution in [3.05, 3.63) is 41.4 Å². The number of hydrogen-bond donors (Lipinski definition) is 0. The molecular formula is C16H17ClF3N3O2. The molecule has 0 fully saturated rings. The molecule has 0 bridgehead atoms. The van der Waals surface area contributed by atoms with E-state index >= 15 is 0 Å². The molecule has 2 unspecified atom stereocenters. The highest BCUT2D eigenvalue weighted by Gasteiger charge is 2.33. The van der Waals surface area contributed by atoms with Crippen molar-refractivity contribution in [1.82, 2.24) is 14.8 Å². The van der Waals surface area contributed by atoms with Crippen LogP contribution in [0.3, 0.4) is 0 Å². The van der Waals surface area contributed by atoms with Gasteiger partial charge in [-0.2, -0.15) is 18.3 Å². The van der Waals surface area contributed by atoms with Crippen molar-refractivity contribution in [1.29, 1.82) is 0 Å². The van der Waals surface area contributed by atoms with Gasteiger partial charge >= 0.3 is 6.18 Å². The number of carbonyl (C=O) groups excluding carboxylic acids is 1. The van der Waals surface area contributed by atoms with Crippen LogP contribution in [0.2, 0.25) is 5.15 Å². The van der Waals surface area contributed by atoms with Crippen LogP contribution in [0.25, 0.3) is 5.69 Å². The molecule has 0 aromatic carbocycles. The Morgan fingerprint density at radius 1 is 1.44 bits per heavy atom. The summed E-state index contributed by atoms with van der Waals surface area (Å²) in [5.74, 6) is -1.18. The van der Waals surface area contributed by atoms with E-state index in [0.717, 1.165) is 0 Å². The van der Waals surface area contributed by atoms with Crippen molar-refractivity contribution in [2.24, 2.45) is 0 Å². The number of nitrogens with zero attached hydrogens (tertiary/aromatic N) is 3. The summed E-state index contributed by atoms with van der Waals surface area (Å²) in [6.45, 7) is 1.58. The average molecular weight is 376 g/mol. The van der Waals surface area contributed by atoms with Gasteiger partial charge in [-0.15, -0.1) is 0 Å². The van der Waals surface area contributed by atoms with Gasteiger partial charge in [-0.05, 0) is 25.5 Å². The molecule has 2 heterocycles. The smallest absolute Gasteiger partial charge is 0.361 e. The van der Waals surface area contributed by atoms with Crippen molar-refractivity contribution in [2.75, 3.05) is 6.61 Å². The lowest BCUT2D eigenvalue weighted by Gasteiger charge is -2.19. The minimum atomic E-state index is -4.49. The second-order valence-electron chi connectivity index (χ2n) is 5.46. The molecule has 136 valence electrons. The molecule has 0 N–H and O–H groups in total. The van der Waals surface area contributed by atoms with Crippen LogP contribution in [0.1, 0.15) is 31.7 Å². The fourth-order valence-electron chi connectivity index (χ4n) is 2.38. The molecule has 2 aromatic heterocycles. The fraction of sp³-hybridized carbons (Fsp3) is 0.438. The first-order valence-electron chi connectivity index (χ1n) is 7.60. The maximum Gasteiger partial charge on any atom is 0.411 e. The highest BCUT2D eigenvalue weighted by Crippen LogP contribution is 2.30. The molecule has 0 radical (unpaired) electrons. The number of ether oxygens (including phenoxy) is 1. The molecule has 25 heavy (non-hydrogen) atoms. The quantitative estimate of drug-likeness (QED) is 0.735. The SMILES string of the molecule is CCC(C(=O)C(C)OCC(F)(F)F)c1cn(-c2cccnc2)nc1Cl. The van der Waals surface area contributed by atoms with Gasteiger partial charge < -0.3 is 4.74 Å². The van der Waals surface area contributed by atoms with Crippen molar-refractivity contribution >= 4 is 17.4 Å². The van der Waals surface area contributed by atoms with E-state index in [4.69, 9.17) is 11.6 Å². The summed E-state index contributed by atoms with van der Waals surface area (Å²) in [5, 5.41) is 4.26. The predicted octanol–water partition coefficient (Wildman–Crippen LogP) is 3.95. The van der Waals surface area contributed by atoms with E-state index in [9.17, 15) is 18.0 Å². The van der Waals surface area contributed by atoms with Gasteiger partial charge in [0.25, 0.3) is 0 Å². The minimum absolute atomic E-state index is 0.118. The van der Waals surface area contributed by atoms with Gasteiger partial charge in [0.15, 0.2) is 10.9 Å². The molecule has 0 saturated heterocycles. The molecular weight excluding hydrogens is 359 g/mol. The molecule has 0 amide bonds. The largest absolute Gasteiger partial charge is 0.411 e. The van der Waals surface area contributed by atoms with Crippen molar-refractivity contribution in [2.45, 2.75) is 38.5 Å². The topological polar surface area (TPSA) is 57.0 Å². The average Bonchev–Trinajstić information content (AvgIpc) is 2.95. The first-order chi connectivity index (χ1) is 11.7. The van der Waals surface area contributed by atoms with Crippen LogP contribution in [-0.2, 0) is 9.53 Å². The van der Waals surface area contributed by atoms with Gasteiger partial charge in [0.2, 0.25) is 0 Å². The maximum absolute atomic E-state index is 12.5. The number of Topliss-reactive ketones (excluding diaryl/α,β-unsaturated/α-hetero) is 1. The number of alkyl halides is 3. The molecule has 2 atom stereocenters. The zero-order valence-corrected chi connectivity index (χ0v) is 14.4. The first kappa shape index (κ1) is 19.4. The van der Waals surface area contributed by atoms with E-state index in [0.29, 0.717) is 17.7 Å². The summed E-state index contributed by atoms with van der Waals surface area (Å²) >= 11 is 6.14. The van der Waals surface area contributed by atoms with Crippen LogP contribution >= 0.6 is 11.6 Å². The van der Waals surface area contributed by atoms with E-state index in [2.05, 4.69) is 14.8 Å². The Hall–Kier alpha value is -1.93. The lowest BCUT2D eigenvalue weighted by Crippen LogP contribution is -2.30. The normalized spacial score (nSPS) is 14.3. The predicted molar refractivity (Wildman–Crippen MR) is 85.9 cm³/mol. The lowest BCUT2D eigenvalue weighted by molar-refractivity contribution is -0.185. The summed E-state index contributed by atoms with van der Waals surface area (Å²) in [6, 6.07) is 3.48. The maximum atomic E-state index is 12.5. The van der Waals surface area contributed by atoms with Crippen LogP contribution < -0.4 is 0 Å². The molecule has 0 aliphatic carbocycles. The van der Waals surface area contributed by atoms with Crippen LogP contribution in [0, 0.1) is 0 Å². The monoisotopic (exact) mass is 375 g/mol. The molecule has 9 heteroatoms. The molecule has 2 aromatic rings. The number of pyridine rings is 1. The number of carbonyl (C=O) groups is 1. The van der Waals surface area contributed by atoms with Gasteiger partial charge in [-0.3, -0.25) is 9.78 Å². The summed E-state index contributed by atoms with van der Waals surface area (Å²) < 4.78 is 42.9. The van der Waals surface area contributed by atoms with Gasteiger partial charge in [0, 0.05) is 23.9 Å². The number of ketones is 1. The second kappa shape index (κ2) is 7.97. The minimum Gasteiger partial charge on any atom is -0.361 e. The standard InChI is InChI=1S/C16H17ClF3N3O2/c1-3-12(14(24)10(2)25-9-16(18,19)20)13-8-23(22-15(13)17)11-5-4-6-21-7-11/h4-8,10,12H,3,9H2,1-2H3. The van der Waals surface area contributed by atoms with Crippen LogP contribution in [0.5, 0.6) is 0 Å². The number of hydrogen-bond acceptors (Lipinski definition) is 4. The van der Waals surface area contributed by atoms with Gasteiger partial charge in [0.1, 0.15) is 12.7 Å². The van der Waals surface area contributed by atoms with E-state index in [1.807, 2.05) is 0 Å². The van der Waals surface area contributed by atoms with Crippen LogP contribution in [0.15, 0.2) is 30.7 Å². The summed E-state index contributed by atoms with van der Waals surface area (Å²) in [4.78, 5) is 16.5. The molecule has 0 aliphatic rings. The summed E-state index contributed by atoms with van der Waals surface area (Å²) in [7, 11) is 0. The fourth-order valence-corrected chi connectivity index (χ4v) is 2.64. The van der Waals surface area contributed by atoms with Crippen molar-refractivity contribution < 1.29 is 22.7 Å². The third kappa shape index (κ3) is 5.02. The molecule has 0 saturated carbocycles. The van der Waals surface area contributed by atoms with Gasteiger partial charge in [-0.25, -0.2) is 4.68 Å². The zero-order chi connectivity index (χ0) is 18.6. The Balaban J connectivity index is 2.20. The van der Waals surface area contributed by atoms with Crippen molar-refractivity contribution in [3.63, 3.8) is 0 Å². The first-order valence-corrected chi connectivity index (χ1v) is 7.98. The third-order valence-corrected chi connectivity index (χ3v) is 3.92. The van der Waals surface area contributed by atoms with E-state index in [1.54, 1.807) is 37.6 Å².